The first-order valence-corrected chi connectivity index (χ1v) is 8.57. The van der Waals surface area contributed by atoms with Crippen LogP contribution < -0.4 is 5.56 Å². The lowest BCUT2D eigenvalue weighted by Crippen LogP contribution is -2.55. The fraction of sp³-hybridized carbons (Fsp3) is 0.643. The maximum absolute atomic E-state index is 12.4. The monoisotopic (exact) mass is 375 g/mol. The summed E-state index contributed by atoms with van der Waals surface area (Å²) in [6.07, 6.45) is 1.36. The largest absolute Gasteiger partial charge is 0.378 e. The molecule has 2 aliphatic rings. The number of carbonyl (C=O) groups excluding carboxylic acids is 1. The van der Waals surface area contributed by atoms with Crippen molar-refractivity contribution in [2.75, 3.05) is 52.5 Å². The highest BCUT2D eigenvalue weighted by atomic mass is 35.5. The maximum Gasteiger partial charge on any atom is 0.320 e. The lowest BCUT2D eigenvalue weighted by Gasteiger charge is -2.38. The number of aromatic nitrogens is 2. The van der Waals surface area contributed by atoms with Gasteiger partial charge in [0, 0.05) is 39.3 Å². The molecule has 0 radical (unpaired) electrons. The summed E-state index contributed by atoms with van der Waals surface area (Å²) in [5.74, 6) is 0. The van der Waals surface area contributed by atoms with Gasteiger partial charge in [-0.1, -0.05) is 23.2 Å². The third kappa shape index (κ3) is 3.83. The van der Waals surface area contributed by atoms with Crippen molar-refractivity contribution < 1.29 is 9.53 Å². The van der Waals surface area contributed by atoms with Gasteiger partial charge in [0.25, 0.3) is 5.56 Å². The average Bonchev–Trinajstić information content (AvgIpc) is 2.63. The highest BCUT2D eigenvalue weighted by Gasteiger charge is 2.26. The second-order valence-electron chi connectivity index (χ2n) is 5.74. The van der Waals surface area contributed by atoms with Gasteiger partial charge < -0.3 is 14.5 Å². The van der Waals surface area contributed by atoms with Crippen molar-refractivity contribution in [1.29, 1.82) is 0 Å². The second-order valence-corrected chi connectivity index (χ2v) is 6.52. The van der Waals surface area contributed by atoms with Gasteiger partial charge in [-0.15, -0.1) is 0 Å². The minimum absolute atomic E-state index is 0.0206. The number of hydrogen-bond acceptors (Lipinski definition) is 5. The summed E-state index contributed by atoms with van der Waals surface area (Å²) in [5.41, 5.74) is -0.406. The highest BCUT2D eigenvalue weighted by molar-refractivity contribution is 6.41. The van der Waals surface area contributed by atoms with Crippen LogP contribution in [0.15, 0.2) is 11.0 Å². The van der Waals surface area contributed by atoms with Crippen LogP contribution in [0.2, 0.25) is 10.0 Å². The van der Waals surface area contributed by atoms with Crippen LogP contribution in [0.5, 0.6) is 0 Å². The van der Waals surface area contributed by atoms with Crippen LogP contribution in [0, 0.1) is 0 Å². The van der Waals surface area contributed by atoms with Crippen molar-refractivity contribution in [1.82, 2.24) is 24.5 Å². The quantitative estimate of drug-likeness (QED) is 0.755. The van der Waals surface area contributed by atoms with E-state index in [-0.39, 0.29) is 16.1 Å². The van der Waals surface area contributed by atoms with Crippen LogP contribution >= 0.6 is 23.2 Å². The molecule has 8 nitrogen and oxygen atoms in total. The number of piperazine rings is 1. The minimum Gasteiger partial charge on any atom is -0.378 e. The Morgan fingerprint density at radius 1 is 1.08 bits per heavy atom. The molecule has 1 aromatic heterocycles. The molecule has 10 heteroatoms. The van der Waals surface area contributed by atoms with E-state index in [1.54, 1.807) is 0 Å². The molecule has 0 aliphatic carbocycles. The highest BCUT2D eigenvalue weighted by Crippen LogP contribution is 2.15. The van der Waals surface area contributed by atoms with E-state index in [0.29, 0.717) is 59.2 Å². The molecule has 1 aromatic rings. The van der Waals surface area contributed by atoms with E-state index in [1.165, 1.54) is 10.9 Å². The zero-order valence-corrected chi connectivity index (χ0v) is 14.7. The summed E-state index contributed by atoms with van der Waals surface area (Å²) in [7, 11) is 0. The number of carbonyl (C=O) groups is 1. The molecule has 0 aromatic carbocycles. The van der Waals surface area contributed by atoms with Gasteiger partial charge in [0.05, 0.1) is 31.1 Å². The van der Waals surface area contributed by atoms with E-state index < -0.39 is 5.56 Å². The molecule has 2 saturated heterocycles. The summed E-state index contributed by atoms with van der Waals surface area (Å²) < 4.78 is 6.56. The SMILES string of the molecule is O=C(N1CCOCC1)N1CCN(Cn2ncc(Cl)c(Cl)c2=O)CC1. The van der Waals surface area contributed by atoms with Crippen molar-refractivity contribution in [3.8, 4) is 0 Å². The number of morpholine rings is 1. The molecule has 0 N–H and O–H groups in total. The van der Waals surface area contributed by atoms with Crippen LogP contribution in [-0.2, 0) is 11.4 Å². The van der Waals surface area contributed by atoms with Crippen LogP contribution in [0.1, 0.15) is 0 Å². The average molecular weight is 376 g/mol. The summed E-state index contributed by atoms with van der Waals surface area (Å²) in [5, 5.41) is 4.13. The Kier molecular flexibility index (Phi) is 5.60. The molecule has 24 heavy (non-hydrogen) atoms. The number of ether oxygens (including phenoxy) is 1. The predicted octanol–water partition coefficient (Wildman–Crippen LogP) is 0.577. The second kappa shape index (κ2) is 7.69. The van der Waals surface area contributed by atoms with E-state index in [2.05, 4.69) is 10.00 Å². The molecule has 2 amide bonds. The molecule has 0 unspecified atom stereocenters. The van der Waals surface area contributed by atoms with Gasteiger partial charge in [-0.2, -0.15) is 5.10 Å². The number of amides is 2. The lowest BCUT2D eigenvalue weighted by atomic mass is 10.3. The van der Waals surface area contributed by atoms with Gasteiger partial charge in [-0.25, -0.2) is 9.48 Å². The van der Waals surface area contributed by atoms with Crippen LogP contribution in [0.25, 0.3) is 0 Å². The first-order valence-electron chi connectivity index (χ1n) is 7.81. The van der Waals surface area contributed by atoms with Crippen molar-refractivity contribution in [2.45, 2.75) is 6.67 Å². The molecular formula is C14H19Cl2N5O3. The number of hydrogen-bond donors (Lipinski definition) is 0. The van der Waals surface area contributed by atoms with Crippen LogP contribution in [0.4, 0.5) is 4.79 Å². The van der Waals surface area contributed by atoms with E-state index >= 15 is 0 Å². The zero-order chi connectivity index (χ0) is 17.1. The van der Waals surface area contributed by atoms with Gasteiger partial charge >= 0.3 is 6.03 Å². The zero-order valence-electron chi connectivity index (χ0n) is 13.2. The summed E-state index contributed by atoms with van der Waals surface area (Å²) in [4.78, 5) is 30.2. The molecule has 132 valence electrons. The molecule has 0 spiro atoms. The van der Waals surface area contributed by atoms with Crippen molar-refractivity contribution in [2.24, 2.45) is 0 Å². The lowest BCUT2D eigenvalue weighted by molar-refractivity contribution is 0.0353. The normalized spacial score (nSPS) is 19.6. The van der Waals surface area contributed by atoms with Crippen molar-refractivity contribution in [3.63, 3.8) is 0 Å². The number of urea groups is 1. The molecular weight excluding hydrogens is 357 g/mol. The van der Waals surface area contributed by atoms with Crippen LogP contribution in [0.3, 0.4) is 0 Å². The van der Waals surface area contributed by atoms with E-state index in [1.807, 2.05) is 9.80 Å². The first-order chi connectivity index (χ1) is 11.6. The molecule has 0 bridgehead atoms. The number of rotatable bonds is 2. The molecule has 2 aliphatic heterocycles. The predicted molar refractivity (Wildman–Crippen MR) is 89.5 cm³/mol. The summed E-state index contributed by atoms with van der Waals surface area (Å²) >= 11 is 11.6. The first kappa shape index (κ1) is 17.5. The maximum atomic E-state index is 12.4. The van der Waals surface area contributed by atoms with Crippen molar-refractivity contribution in [3.05, 3.63) is 26.6 Å². The van der Waals surface area contributed by atoms with Gasteiger partial charge in [0.15, 0.2) is 0 Å². The third-order valence-electron chi connectivity index (χ3n) is 4.20. The Bertz CT molecular complexity index is 654. The Labute approximate surface area is 149 Å². The fourth-order valence-electron chi connectivity index (χ4n) is 2.77. The minimum atomic E-state index is -0.406. The Balaban J connectivity index is 1.54. The van der Waals surface area contributed by atoms with Crippen molar-refractivity contribution >= 4 is 29.2 Å². The Morgan fingerprint density at radius 2 is 1.71 bits per heavy atom. The summed E-state index contributed by atoms with van der Waals surface area (Å²) in [6.45, 7) is 5.38. The third-order valence-corrected chi connectivity index (χ3v) is 4.95. The fourth-order valence-corrected chi connectivity index (χ4v) is 3.04. The number of halogens is 2. The molecule has 0 atom stereocenters. The summed E-state index contributed by atoms with van der Waals surface area (Å²) in [6, 6.07) is 0.0581. The van der Waals surface area contributed by atoms with Gasteiger partial charge in [-0.05, 0) is 0 Å². The van der Waals surface area contributed by atoms with Gasteiger partial charge in [0.1, 0.15) is 5.02 Å². The van der Waals surface area contributed by atoms with E-state index in [9.17, 15) is 9.59 Å². The molecule has 3 rings (SSSR count). The molecule has 3 heterocycles. The molecule has 2 fully saturated rings. The van der Waals surface area contributed by atoms with Gasteiger partial charge in [0.2, 0.25) is 0 Å². The van der Waals surface area contributed by atoms with Gasteiger partial charge in [-0.3, -0.25) is 9.69 Å². The van der Waals surface area contributed by atoms with E-state index in [0.717, 1.165) is 0 Å². The Morgan fingerprint density at radius 3 is 2.38 bits per heavy atom. The molecule has 0 saturated carbocycles. The number of nitrogens with zero attached hydrogens (tertiary/aromatic N) is 5. The van der Waals surface area contributed by atoms with E-state index in [4.69, 9.17) is 27.9 Å². The smallest absolute Gasteiger partial charge is 0.320 e. The van der Waals surface area contributed by atoms with Crippen LogP contribution in [-0.4, -0.2) is 83.0 Å². The standard InChI is InChI=1S/C14H19Cl2N5O3/c15-11-9-17-21(13(22)12(11)16)10-18-1-3-19(4-2-18)14(23)20-5-7-24-8-6-20/h9H,1-8,10H2. The Hall–Kier alpha value is -1.35. The topological polar surface area (TPSA) is 70.9 Å².